The minimum Gasteiger partial charge on any atom is -0.508 e. The highest BCUT2D eigenvalue weighted by Gasteiger charge is 2.35. The third kappa shape index (κ3) is 2.23. The average molecular weight is 316 g/mol. The van der Waals surface area contributed by atoms with Crippen LogP contribution in [0.4, 0.5) is 0 Å². The van der Waals surface area contributed by atoms with E-state index >= 15 is 0 Å². The molecular weight excluding hydrogens is 300 g/mol. The number of benzene rings is 2. The molecule has 0 amide bonds. The first-order valence-corrected chi connectivity index (χ1v) is 7.08. The molecule has 0 bridgehead atoms. The van der Waals surface area contributed by atoms with Gasteiger partial charge in [-0.25, -0.2) is 0 Å². The Bertz CT molecular complexity index is 825. The Morgan fingerprint density at radius 2 is 1.74 bits per heavy atom. The van der Waals surface area contributed by atoms with Gasteiger partial charge in [-0.05, 0) is 32.0 Å². The zero-order chi connectivity index (χ0) is 16.9. The minimum absolute atomic E-state index is 0.0358. The molecule has 1 unspecified atom stereocenters. The van der Waals surface area contributed by atoms with E-state index in [1.165, 1.54) is 25.1 Å². The number of rotatable bonds is 1. The molecule has 0 saturated heterocycles. The molecule has 2 aromatic carbocycles. The molecule has 0 spiro atoms. The van der Waals surface area contributed by atoms with Gasteiger partial charge < -0.3 is 25.2 Å². The third-order valence-corrected chi connectivity index (χ3v) is 4.14. The van der Waals surface area contributed by atoms with Gasteiger partial charge >= 0.3 is 0 Å². The number of ketones is 1. The first kappa shape index (κ1) is 15.0. The molecule has 0 aromatic heterocycles. The lowest BCUT2D eigenvalue weighted by Crippen LogP contribution is -2.21. The number of phenolic OH excluding ortho intramolecular Hbond substituents is 4. The van der Waals surface area contributed by atoms with Crippen molar-refractivity contribution < 1.29 is 30.0 Å². The number of aromatic hydroxyl groups is 4. The summed E-state index contributed by atoms with van der Waals surface area (Å²) >= 11 is 0. The number of hydrogen-bond acceptors (Lipinski definition) is 6. The van der Waals surface area contributed by atoms with Crippen molar-refractivity contribution in [2.75, 3.05) is 0 Å². The molecule has 23 heavy (non-hydrogen) atoms. The first-order valence-electron chi connectivity index (χ1n) is 7.08. The molecule has 1 aliphatic rings. The van der Waals surface area contributed by atoms with Crippen molar-refractivity contribution in [1.29, 1.82) is 0 Å². The predicted molar refractivity (Wildman–Crippen MR) is 81.3 cm³/mol. The van der Waals surface area contributed by atoms with Crippen LogP contribution in [0.1, 0.15) is 39.6 Å². The van der Waals surface area contributed by atoms with Crippen LogP contribution in [0.15, 0.2) is 18.2 Å². The molecule has 0 aliphatic carbocycles. The van der Waals surface area contributed by atoms with Crippen molar-refractivity contribution in [1.82, 2.24) is 0 Å². The first-order chi connectivity index (χ1) is 10.8. The molecule has 0 saturated carbocycles. The second-order valence-corrected chi connectivity index (χ2v) is 5.63. The Morgan fingerprint density at radius 1 is 1.04 bits per heavy atom. The van der Waals surface area contributed by atoms with E-state index in [4.69, 9.17) is 4.74 Å². The van der Waals surface area contributed by atoms with Gasteiger partial charge in [0.1, 0.15) is 40.4 Å². The highest BCUT2D eigenvalue weighted by molar-refractivity contribution is 6.03. The van der Waals surface area contributed by atoms with E-state index in [1.54, 1.807) is 6.92 Å². The SMILES string of the molecule is Cc1c(O)c(C)c2c(c1O)C(=O)CC(c1cc(O)ccc1O)O2. The van der Waals surface area contributed by atoms with Gasteiger partial charge in [0.05, 0.1) is 6.42 Å². The summed E-state index contributed by atoms with van der Waals surface area (Å²) in [4.78, 5) is 12.4. The van der Waals surface area contributed by atoms with Gasteiger partial charge in [-0.15, -0.1) is 0 Å². The summed E-state index contributed by atoms with van der Waals surface area (Å²) in [5, 5.41) is 39.7. The lowest BCUT2D eigenvalue weighted by atomic mass is 9.91. The second-order valence-electron chi connectivity index (χ2n) is 5.63. The summed E-state index contributed by atoms with van der Waals surface area (Å²) in [5.74, 6) is -0.882. The molecule has 3 rings (SSSR count). The van der Waals surface area contributed by atoms with E-state index in [0.29, 0.717) is 5.56 Å². The maximum absolute atomic E-state index is 12.4. The number of carbonyl (C=O) groups is 1. The zero-order valence-electron chi connectivity index (χ0n) is 12.6. The second kappa shape index (κ2) is 5.08. The van der Waals surface area contributed by atoms with Gasteiger partial charge in [-0.1, -0.05) is 0 Å². The maximum atomic E-state index is 12.4. The summed E-state index contributed by atoms with van der Waals surface area (Å²) in [6, 6.07) is 3.95. The van der Waals surface area contributed by atoms with Crippen LogP contribution in [-0.2, 0) is 0 Å². The van der Waals surface area contributed by atoms with Crippen LogP contribution in [0.25, 0.3) is 0 Å². The van der Waals surface area contributed by atoms with E-state index in [2.05, 4.69) is 0 Å². The van der Waals surface area contributed by atoms with Crippen LogP contribution >= 0.6 is 0 Å². The van der Waals surface area contributed by atoms with Crippen LogP contribution < -0.4 is 4.74 Å². The van der Waals surface area contributed by atoms with Crippen molar-refractivity contribution in [3.63, 3.8) is 0 Å². The van der Waals surface area contributed by atoms with Gasteiger partial charge in [0.25, 0.3) is 0 Å². The van der Waals surface area contributed by atoms with Crippen molar-refractivity contribution >= 4 is 5.78 Å². The molecule has 6 nitrogen and oxygen atoms in total. The monoisotopic (exact) mass is 316 g/mol. The fourth-order valence-electron chi connectivity index (χ4n) is 2.82. The number of ether oxygens (including phenoxy) is 1. The van der Waals surface area contributed by atoms with Crippen LogP contribution in [0, 0.1) is 13.8 Å². The summed E-state index contributed by atoms with van der Waals surface area (Å²) in [6.07, 6.45) is -0.913. The minimum atomic E-state index is -0.817. The maximum Gasteiger partial charge on any atom is 0.174 e. The van der Waals surface area contributed by atoms with Gasteiger partial charge in [-0.3, -0.25) is 4.79 Å². The number of carbonyl (C=O) groups excluding carboxylic acids is 1. The average Bonchev–Trinajstić information content (AvgIpc) is 2.52. The lowest BCUT2D eigenvalue weighted by molar-refractivity contribution is 0.0839. The summed E-state index contributed by atoms with van der Waals surface area (Å²) in [5.41, 5.74) is 0.862. The molecule has 120 valence electrons. The Balaban J connectivity index is 2.14. The topological polar surface area (TPSA) is 107 Å². The Kier molecular flexibility index (Phi) is 3.32. The molecule has 1 heterocycles. The van der Waals surface area contributed by atoms with Crippen LogP contribution in [0.5, 0.6) is 28.7 Å². The largest absolute Gasteiger partial charge is 0.508 e. The molecule has 1 aliphatic heterocycles. The van der Waals surface area contributed by atoms with E-state index < -0.39 is 6.10 Å². The number of phenols is 4. The molecule has 1 atom stereocenters. The van der Waals surface area contributed by atoms with Crippen molar-refractivity contribution in [2.24, 2.45) is 0 Å². The fourth-order valence-corrected chi connectivity index (χ4v) is 2.82. The summed E-state index contributed by atoms with van der Waals surface area (Å²) in [6.45, 7) is 3.09. The molecule has 6 heteroatoms. The van der Waals surface area contributed by atoms with E-state index in [-0.39, 0.29) is 57.6 Å². The smallest absolute Gasteiger partial charge is 0.174 e. The quantitative estimate of drug-likeness (QED) is 0.603. The highest BCUT2D eigenvalue weighted by Crippen LogP contribution is 2.48. The van der Waals surface area contributed by atoms with Gasteiger partial charge in [-0.2, -0.15) is 0 Å². The van der Waals surface area contributed by atoms with Crippen LogP contribution in [-0.4, -0.2) is 26.2 Å². The Labute approximate surface area is 132 Å². The van der Waals surface area contributed by atoms with E-state index in [0.717, 1.165) is 0 Å². The van der Waals surface area contributed by atoms with Crippen LogP contribution in [0.2, 0.25) is 0 Å². The molecule has 4 N–H and O–H groups in total. The van der Waals surface area contributed by atoms with E-state index in [9.17, 15) is 25.2 Å². The van der Waals surface area contributed by atoms with E-state index in [1.807, 2.05) is 0 Å². The van der Waals surface area contributed by atoms with Crippen molar-refractivity contribution in [2.45, 2.75) is 26.4 Å². The van der Waals surface area contributed by atoms with Gasteiger partial charge in [0.15, 0.2) is 5.78 Å². The fraction of sp³-hybridized carbons (Fsp3) is 0.235. The van der Waals surface area contributed by atoms with Gasteiger partial charge in [0.2, 0.25) is 0 Å². The molecule has 0 radical (unpaired) electrons. The van der Waals surface area contributed by atoms with Gasteiger partial charge in [0, 0.05) is 16.7 Å². The standard InChI is InChI=1S/C17H16O6/c1-7-15(21)8(2)17-14(16(7)22)12(20)6-13(23-17)10-5-9(18)3-4-11(10)19/h3-5,13,18-19,21-22H,6H2,1-2H3. The van der Waals surface area contributed by atoms with Crippen LogP contribution in [0.3, 0.4) is 0 Å². The third-order valence-electron chi connectivity index (χ3n) is 4.14. The van der Waals surface area contributed by atoms with Crippen molar-refractivity contribution in [3.8, 4) is 28.7 Å². The molecule has 2 aromatic rings. The number of fused-ring (bicyclic) bond motifs is 1. The molecule has 0 fully saturated rings. The highest BCUT2D eigenvalue weighted by atomic mass is 16.5. The molecular formula is C17H16O6. The normalized spacial score (nSPS) is 16.8. The Hall–Kier alpha value is -2.89. The lowest BCUT2D eigenvalue weighted by Gasteiger charge is -2.28. The summed E-state index contributed by atoms with van der Waals surface area (Å²) in [7, 11) is 0. The summed E-state index contributed by atoms with van der Waals surface area (Å²) < 4.78 is 5.76. The Morgan fingerprint density at radius 3 is 2.43 bits per heavy atom. The number of Topliss-reactive ketones (excluding diaryl/α,β-unsaturated/α-hetero) is 1. The number of hydrogen-bond donors (Lipinski definition) is 4. The zero-order valence-corrected chi connectivity index (χ0v) is 12.6. The predicted octanol–water partition coefficient (Wildman–Crippen LogP) is 2.83. The van der Waals surface area contributed by atoms with Crippen molar-refractivity contribution in [3.05, 3.63) is 40.5 Å².